The van der Waals surface area contributed by atoms with Crippen molar-refractivity contribution in [2.24, 2.45) is 0 Å². The average Bonchev–Trinajstić information content (AvgIpc) is 2.96. The number of carboxylic acid groups (broad SMARTS) is 1. The molecular formula is C9H10N4O2S2. The molecule has 1 N–H and O–H groups in total. The molecule has 0 aliphatic rings. The fourth-order valence-electron chi connectivity index (χ4n) is 1.30. The van der Waals surface area contributed by atoms with E-state index in [0.29, 0.717) is 5.16 Å². The van der Waals surface area contributed by atoms with Gasteiger partial charge in [0.2, 0.25) is 5.16 Å². The number of aliphatic carboxylic acids is 1. The maximum absolute atomic E-state index is 10.5. The quantitative estimate of drug-likeness (QED) is 0.830. The lowest BCUT2D eigenvalue weighted by atomic mass is 10.3. The molecule has 0 spiro atoms. The third-order valence-electron chi connectivity index (χ3n) is 2.11. The molecule has 2 aromatic rings. The lowest BCUT2D eigenvalue weighted by Gasteiger charge is -2.10. The third kappa shape index (κ3) is 2.83. The average molecular weight is 270 g/mol. The fourth-order valence-corrected chi connectivity index (χ4v) is 2.74. The summed E-state index contributed by atoms with van der Waals surface area (Å²) in [5.74, 6) is -0.925. The highest BCUT2D eigenvalue weighted by Gasteiger charge is 2.16. The van der Waals surface area contributed by atoms with Gasteiger partial charge in [0, 0.05) is 4.88 Å². The van der Waals surface area contributed by atoms with Crippen LogP contribution >= 0.6 is 23.1 Å². The standard InChI is InChI=1S/C9H10N4O2S2/c1-6(7-3-2-4-16-7)13-9(10-11-12-13)17-5-8(14)15/h2-4,6H,5H2,1H3,(H,14,15). The summed E-state index contributed by atoms with van der Waals surface area (Å²) in [4.78, 5) is 11.6. The van der Waals surface area contributed by atoms with Crippen LogP contribution in [0, 0.1) is 0 Å². The zero-order valence-electron chi connectivity index (χ0n) is 8.98. The number of thioether (sulfide) groups is 1. The highest BCUT2D eigenvalue weighted by atomic mass is 32.2. The van der Waals surface area contributed by atoms with Crippen LogP contribution in [0.4, 0.5) is 0 Å². The van der Waals surface area contributed by atoms with Gasteiger partial charge < -0.3 is 5.11 Å². The van der Waals surface area contributed by atoms with Gasteiger partial charge in [-0.1, -0.05) is 17.8 Å². The first-order chi connectivity index (χ1) is 8.18. The minimum atomic E-state index is -0.881. The van der Waals surface area contributed by atoms with Crippen molar-refractivity contribution in [3.8, 4) is 0 Å². The van der Waals surface area contributed by atoms with E-state index in [9.17, 15) is 4.79 Å². The number of tetrazole rings is 1. The van der Waals surface area contributed by atoms with E-state index in [-0.39, 0.29) is 11.8 Å². The molecule has 8 heteroatoms. The van der Waals surface area contributed by atoms with E-state index in [1.54, 1.807) is 16.0 Å². The van der Waals surface area contributed by atoms with Gasteiger partial charge in [-0.3, -0.25) is 4.79 Å². The maximum Gasteiger partial charge on any atom is 0.313 e. The van der Waals surface area contributed by atoms with Gasteiger partial charge in [0.25, 0.3) is 0 Å². The van der Waals surface area contributed by atoms with Crippen LogP contribution < -0.4 is 0 Å². The summed E-state index contributed by atoms with van der Waals surface area (Å²) >= 11 is 2.74. The number of carboxylic acids is 1. The van der Waals surface area contributed by atoms with Crippen LogP contribution in [0.2, 0.25) is 0 Å². The van der Waals surface area contributed by atoms with Crippen molar-refractivity contribution in [1.29, 1.82) is 0 Å². The molecule has 0 aliphatic heterocycles. The smallest absolute Gasteiger partial charge is 0.313 e. The van der Waals surface area contributed by atoms with Gasteiger partial charge in [-0.2, -0.15) is 0 Å². The predicted octanol–water partition coefficient (Wildman–Crippen LogP) is 1.52. The van der Waals surface area contributed by atoms with E-state index in [4.69, 9.17) is 5.11 Å². The molecule has 0 fully saturated rings. The van der Waals surface area contributed by atoms with Gasteiger partial charge in [-0.05, 0) is 28.8 Å². The fraction of sp³-hybridized carbons (Fsp3) is 0.333. The van der Waals surface area contributed by atoms with E-state index in [1.165, 1.54) is 0 Å². The minimum Gasteiger partial charge on any atom is -0.481 e. The Morgan fingerprint density at radius 1 is 1.71 bits per heavy atom. The first kappa shape index (κ1) is 12.1. The van der Waals surface area contributed by atoms with Crippen molar-refractivity contribution < 1.29 is 9.90 Å². The molecule has 2 aromatic heterocycles. The largest absolute Gasteiger partial charge is 0.481 e. The molecule has 2 rings (SSSR count). The number of rotatable bonds is 5. The molecule has 6 nitrogen and oxygen atoms in total. The maximum atomic E-state index is 10.5. The number of aromatic nitrogens is 4. The summed E-state index contributed by atoms with van der Waals surface area (Å²) in [5, 5.41) is 22.4. The zero-order valence-corrected chi connectivity index (χ0v) is 10.6. The number of nitrogens with zero attached hydrogens (tertiary/aromatic N) is 4. The Morgan fingerprint density at radius 2 is 2.53 bits per heavy atom. The Bertz CT molecular complexity index is 497. The van der Waals surface area contributed by atoms with Crippen LogP contribution in [0.1, 0.15) is 17.8 Å². The Morgan fingerprint density at radius 3 is 3.18 bits per heavy atom. The van der Waals surface area contributed by atoms with Crippen molar-refractivity contribution in [3.63, 3.8) is 0 Å². The van der Waals surface area contributed by atoms with Crippen LogP contribution in [-0.4, -0.2) is 37.0 Å². The summed E-state index contributed by atoms with van der Waals surface area (Å²) < 4.78 is 1.64. The molecular weight excluding hydrogens is 260 g/mol. The summed E-state index contributed by atoms with van der Waals surface area (Å²) in [6, 6.07) is 3.98. The van der Waals surface area contributed by atoms with E-state index in [2.05, 4.69) is 15.5 Å². The first-order valence-electron chi connectivity index (χ1n) is 4.84. The second kappa shape index (κ2) is 5.28. The molecule has 0 amide bonds. The molecule has 0 radical (unpaired) electrons. The molecule has 0 bridgehead atoms. The Hall–Kier alpha value is -1.41. The number of hydrogen-bond acceptors (Lipinski definition) is 6. The molecule has 0 aliphatic carbocycles. The van der Waals surface area contributed by atoms with E-state index >= 15 is 0 Å². The van der Waals surface area contributed by atoms with Crippen LogP contribution in [-0.2, 0) is 4.79 Å². The second-order valence-electron chi connectivity index (χ2n) is 3.28. The normalized spacial score (nSPS) is 12.5. The summed E-state index contributed by atoms with van der Waals surface area (Å²) in [7, 11) is 0. The van der Waals surface area contributed by atoms with Gasteiger partial charge >= 0.3 is 5.97 Å². The van der Waals surface area contributed by atoms with Crippen molar-refractivity contribution >= 4 is 29.1 Å². The summed E-state index contributed by atoms with van der Waals surface area (Å²) in [6.07, 6.45) is 0. The molecule has 2 heterocycles. The number of thiophene rings is 1. The predicted molar refractivity (Wildman–Crippen MR) is 64.3 cm³/mol. The highest BCUT2D eigenvalue weighted by molar-refractivity contribution is 7.99. The SMILES string of the molecule is CC(c1cccs1)n1nnnc1SCC(=O)O. The van der Waals surface area contributed by atoms with E-state index < -0.39 is 5.97 Å². The molecule has 1 unspecified atom stereocenters. The van der Waals surface area contributed by atoms with Crippen LogP contribution in [0.25, 0.3) is 0 Å². The van der Waals surface area contributed by atoms with E-state index in [0.717, 1.165) is 16.6 Å². The molecule has 17 heavy (non-hydrogen) atoms. The first-order valence-corrected chi connectivity index (χ1v) is 6.71. The van der Waals surface area contributed by atoms with Gasteiger partial charge in [0.1, 0.15) is 0 Å². The number of carbonyl (C=O) groups is 1. The lowest BCUT2D eigenvalue weighted by Crippen LogP contribution is -2.10. The summed E-state index contributed by atoms with van der Waals surface area (Å²) in [6.45, 7) is 1.98. The molecule has 0 saturated carbocycles. The lowest BCUT2D eigenvalue weighted by molar-refractivity contribution is -0.133. The van der Waals surface area contributed by atoms with Gasteiger partial charge in [-0.25, -0.2) is 4.68 Å². The van der Waals surface area contributed by atoms with Crippen molar-refractivity contribution in [1.82, 2.24) is 20.2 Å². The van der Waals surface area contributed by atoms with Crippen molar-refractivity contribution in [2.75, 3.05) is 5.75 Å². The van der Waals surface area contributed by atoms with E-state index in [1.807, 2.05) is 24.4 Å². The second-order valence-corrected chi connectivity index (χ2v) is 5.20. The monoisotopic (exact) mass is 270 g/mol. The Labute approximate surface area is 106 Å². The molecule has 90 valence electrons. The Balaban J connectivity index is 2.16. The van der Waals surface area contributed by atoms with Crippen molar-refractivity contribution in [2.45, 2.75) is 18.1 Å². The van der Waals surface area contributed by atoms with Gasteiger partial charge in [0.05, 0.1) is 11.8 Å². The minimum absolute atomic E-state index is 0.0151. The van der Waals surface area contributed by atoms with Crippen molar-refractivity contribution in [3.05, 3.63) is 22.4 Å². The van der Waals surface area contributed by atoms with Crippen LogP contribution in [0.5, 0.6) is 0 Å². The Kier molecular flexibility index (Phi) is 3.75. The molecule has 1 atom stereocenters. The number of hydrogen-bond donors (Lipinski definition) is 1. The molecule has 0 aromatic carbocycles. The highest BCUT2D eigenvalue weighted by Crippen LogP contribution is 2.25. The third-order valence-corrected chi connectivity index (χ3v) is 4.07. The van der Waals surface area contributed by atoms with Gasteiger partial charge in [0.15, 0.2) is 0 Å². The topological polar surface area (TPSA) is 80.9 Å². The molecule has 0 saturated heterocycles. The zero-order chi connectivity index (χ0) is 12.3. The summed E-state index contributed by atoms with van der Waals surface area (Å²) in [5.41, 5.74) is 0. The van der Waals surface area contributed by atoms with Gasteiger partial charge in [-0.15, -0.1) is 16.4 Å². The van der Waals surface area contributed by atoms with Crippen LogP contribution in [0.3, 0.4) is 0 Å². The van der Waals surface area contributed by atoms with Crippen LogP contribution in [0.15, 0.2) is 22.7 Å².